The molecule has 1 amide bonds. The number of carbonyl (C=O) groups excluding carboxylic acids is 1. The second-order valence-electron chi connectivity index (χ2n) is 13.0. The Hall–Kier alpha value is -4.51. The van der Waals surface area contributed by atoms with Crippen LogP contribution in [0.15, 0.2) is 65.8 Å². The number of anilines is 1. The molecule has 2 fully saturated rings. The molecule has 0 aliphatic carbocycles. The van der Waals surface area contributed by atoms with Crippen molar-refractivity contribution in [2.24, 2.45) is 0 Å². The standard InChI is InChI=1S/C32H34Cl2N8O3.C3H3F3O2/c33-22-8-9-28(42-17-30(34)37-38-42)25(14-22)26-15-31(43)41(20-36-26)27-7-2-1-3-10-35-32(44)29-16-39(24-18-45-19-24)11-12-40(29)23-6-4-5-21(27)13-23;4-3(5,6)1-2(7)8/h4-6,8-9,13-15,17,20,24,27,29H,1-3,7,10-12,16,18-19H2,(H,35,44);1H2,(H,7,8)/t27-,29+;/m0./s1. The van der Waals surface area contributed by atoms with Crippen molar-refractivity contribution in [2.75, 3.05) is 44.3 Å². The molecule has 13 nitrogen and oxygen atoms in total. The minimum Gasteiger partial charge on any atom is -0.481 e. The topological polar surface area (TPSA) is 148 Å². The van der Waals surface area contributed by atoms with Crippen LogP contribution < -0.4 is 15.8 Å². The van der Waals surface area contributed by atoms with Crippen LogP contribution in [0.2, 0.25) is 10.2 Å². The van der Waals surface area contributed by atoms with E-state index < -0.39 is 18.6 Å². The normalized spacial score (nSPS) is 20.0. The average Bonchev–Trinajstić information content (AvgIpc) is 3.52. The third kappa shape index (κ3) is 9.54. The Bertz CT molecular complexity index is 1990. The number of hydrogen-bond donors (Lipinski definition) is 2. The molecule has 2 atom stereocenters. The number of alkyl halides is 3. The predicted octanol–water partition coefficient (Wildman–Crippen LogP) is 4.99. The van der Waals surface area contributed by atoms with Crippen LogP contribution in [0.25, 0.3) is 16.9 Å². The van der Waals surface area contributed by atoms with Crippen molar-refractivity contribution in [1.29, 1.82) is 0 Å². The van der Waals surface area contributed by atoms with E-state index in [4.69, 9.17) is 38.0 Å². The third-order valence-electron chi connectivity index (χ3n) is 9.36. The SMILES string of the molecule is O=C(O)CC(F)(F)F.O=C1NCCCCC[C@H](n2cnc(-c3cc(Cl)ccc3-n3cc(Cl)nn3)cc2=O)c2cccc(c2)N2CCN(C3COC3)C[C@H]12. The van der Waals surface area contributed by atoms with Gasteiger partial charge < -0.3 is 20.1 Å². The molecule has 5 heterocycles. The Kier molecular flexibility index (Phi) is 12.0. The number of carboxylic acids is 1. The lowest BCUT2D eigenvalue weighted by molar-refractivity contribution is -0.166. The van der Waals surface area contributed by atoms with E-state index in [2.05, 4.69) is 43.6 Å². The van der Waals surface area contributed by atoms with Gasteiger partial charge in [0.25, 0.3) is 5.56 Å². The number of aromatic nitrogens is 5. The van der Waals surface area contributed by atoms with Crippen LogP contribution in [0.1, 0.15) is 43.7 Å². The van der Waals surface area contributed by atoms with E-state index in [1.165, 1.54) is 4.68 Å². The number of amides is 1. The number of hydrogen-bond acceptors (Lipinski definition) is 9. The molecule has 282 valence electrons. The lowest BCUT2D eigenvalue weighted by Crippen LogP contribution is -2.64. The van der Waals surface area contributed by atoms with Crippen molar-refractivity contribution in [1.82, 2.24) is 34.8 Å². The first-order chi connectivity index (χ1) is 25.4. The summed E-state index contributed by atoms with van der Waals surface area (Å²) in [6, 6.07) is 15.0. The van der Waals surface area contributed by atoms with Crippen molar-refractivity contribution in [3.8, 4) is 16.9 Å². The van der Waals surface area contributed by atoms with Crippen LogP contribution >= 0.6 is 23.2 Å². The molecular weight excluding hydrogens is 740 g/mol. The zero-order chi connectivity index (χ0) is 37.7. The number of halogens is 5. The highest BCUT2D eigenvalue weighted by Crippen LogP contribution is 2.32. The minimum absolute atomic E-state index is 0.0608. The monoisotopic (exact) mass is 776 g/mol. The first-order valence-corrected chi connectivity index (χ1v) is 17.8. The van der Waals surface area contributed by atoms with Gasteiger partial charge >= 0.3 is 12.1 Å². The molecule has 3 aliphatic heterocycles. The number of carboxylic acid groups (broad SMARTS) is 1. The summed E-state index contributed by atoms with van der Waals surface area (Å²) in [7, 11) is 0. The molecule has 2 aromatic heterocycles. The molecular formula is C35H37Cl2F3N8O5. The van der Waals surface area contributed by atoms with Gasteiger partial charge in [0.15, 0.2) is 5.15 Å². The van der Waals surface area contributed by atoms with Crippen LogP contribution in [-0.2, 0) is 14.3 Å². The Labute approximate surface area is 312 Å². The fraction of sp³-hybridized carbons (Fsp3) is 0.429. The van der Waals surface area contributed by atoms with Gasteiger partial charge in [0.2, 0.25) is 5.91 Å². The van der Waals surface area contributed by atoms with Crippen LogP contribution in [0.3, 0.4) is 0 Å². The summed E-state index contributed by atoms with van der Waals surface area (Å²) in [4.78, 5) is 45.9. The second-order valence-corrected chi connectivity index (χ2v) is 13.8. The molecule has 0 saturated carbocycles. The molecule has 0 radical (unpaired) electrons. The van der Waals surface area contributed by atoms with E-state index in [0.717, 1.165) is 63.2 Å². The lowest BCUT2D eigenvalue weighted by atomic mass is 9.98. The summed E-state index contributed by atoms with van der Waals surface area (Å²) in [6.45, 7) is 4.33. The van der Waals surface area contributed by atoms with E-state index >= 15 is 0 Å². The second kappa shape index (κ2) is 16.7. The number of nitrogens with one attached hydrogen (secondary N) is 1. The zero-order valence-corrected chi connectivity index (χ0v) is 29.9. The maximum atomic E-state index is 13.8. The number of benzene rings is 2. The smallest absolute Gasteiger partial charge is 0.399 e. The highest BCUT2D eigenvalue weighted by atomic mass is 35.5. The van der Waals surface area contributed by atoms with Crippen LogP contribution in [0, 0.1) is 0 Å². The van der Waals surface area contributed by atoms with Gasteiger partial charge in [0, 0.05) is 48.5 Å². The van der Waals surface area contributed by atoms with E-state index in [1.807, 2.05) is 6.07 Å². The molecule has 18 heteroatoms. The summed E-state index contributed by atoms with van der Waals surface area (Å²) >= 11 is 12.4. The lowest BCUT2D eigenvalue weighted by Gasteiger charge is -2.46. The van der Waals surface area contributed by atoms with Gasteiger partial charge in [-0.1, -0.05) is 53.4 Å². The first kappa shape index (κ1) is 38.2. The van der Waals surface area contributed by atoms with Crippen molar-refractivity contribution in [2.45, 2.75) is 56.4 Å². The number of rotatable bonds is 5. The van der Waals surface area contributed by atoms with Crippen molar-refractivity contribution in [3.05, 3.63) is 87.1 Å². The quantitative estimate of drug-likeness (QED) is 0.284. The van der Waals surface area contributed by atoms with E-state index in [0.29, 0.717) is 41.1 Å². The number of aliphatic carboxylic acids is 1. The van der Waals surface area contributed by atoms with Gasteiger partial charge in [0.05, 0.1) is 49.2 Å². The molecule has 3 aliphatic rings. The van der Waals surface area contributed by atoms with E-state index in [1.54, 1.807) is 41.4 Å². The number of piperazine rings is 1. The molecule has 0 spiro atoms. The van der Waals surface area contributed by atoms with Gasteiger partial charge in [-0.05, 0) is 48.7 Å². The Balaban J connectivity index is 0.000000541. The molecule has 53 heavy (non-hydrogen) atoms. The van der Waals surface area contributed by atoms with Gasteiger partial charge in [-0.15, -0.1) is 5.10 Å². The van der Waals surface area contributed by atoms with Crippen LogP contribution in [0.4, 0.5) is 18.9 Å². The molecule has 2 aromatic carbocycles. The minimum atomic E-state index is -4.58. The molecule has 4 aromatic rings. The number of ether oxygens (including phenoxy) is 1. The predicted molar refractivity (Wildman–Crippen MR) is 191 cm³/mol. The number of fused-ring (bicyclic) bond motifs is 4. The maximum absolute atomic E-state index is 13.8. The highest BCUT2D eigenvalue weighted by Gasteiger charge is 2.37. The fourth-order valence-corrected chi connectivity index (χ4v) is 6.98. The summed E-state index contributed by atoms with van der Waals surface area (Å²) < 4.78 is 41.5. The van der Waals surface area contributed by atoms with Crippen molar-refractivity contribution < 1.29 is 32.6 Å². The fourth-order valence-electron chi connectivity index (χ4n) is 6.69. The Morgan fingerprint density at radius 1 is 1.02 bits per heavy atom. The average molecular weight is 778 g/mol. The van der Waals surface area contributed by atoms with E-state index in [9.17, 15) is 27.6 Å². The van der Waals surface area contributed by atoms with E-state index in [-0.39, 0.29) is 28.7 Å². The van der Waals surface area contributed by atoms with Crippen molar-refractivity contribution in [3.63, 3.8) is 0 Å². The first-order valence-electron chi connectivity index (χ1n) is 17.1. The van der Waals surface area contributed by atoms with Gasteiger partial charge in [-0.3, -0.25) is 23.9 Å². The van der Waals surface area contributed by atoms with Crippen LogP contribution in [-0.4, -0.2) is 104 Å². The molecule has 7 rings (SSSR count). The van der Waals surface area contributed by atoms with Gasteiger partial charge in [0.1, 0.15) is 12.5 Å². The van der Waals surface area contributed by atoms with Gasteiger partial charge in [-0.2, -0.15) is 13.2 Å². The summed E-state index contributed by atoms with van der Waals surface area (Å²) in [5.74, 6) is -1.79. The van der Waals surface area contributed by atoms with Crippen molar-refractivity contribution >= 4 is 40.8 Å². The Morgan fingerprint density at radius 2 is 1.83 bits per heavy atom. The van der Waals surface area contributed by atoms with Gasteiger partial charge in [-0.25, -0.2) is 9.67 Å². The number of carbonyl (C=O) groups is 2. The maximum Gasteiger partial charge on any atom is 0.399 e. The van der Waals surface area contributed by atoms with Crippen LogP contribution in [0.5, 0.6) is 0 Å². The third-order valence-corrected chi connectivity index (χ3v) is 9.77. The summed E-state index contributed by atoms with van der Waals surface area (Å²) in [5, 5.41) is 19.4. The largest absolute Gasteiger partial charge is 0.481 e. The molecule has 2 N–H and O–H groups in total. The summed E-state index contributed by atoms with van der Waals surface area (Å²) in [5.41, 5.74) is 3.59. The molecule has 0 unspecified atom stereocenters. The molecule has 2 saturated heterocycles. The zero-order valence-electron chi connectivity index (χ0n) is 28.4. The Morgan fingerprint density at radius 3 is 2.49 bits per heavy atom. The number of nitrogens with zero attached hydrogens (tertiary/aromatic N) is 7. The summed E-state index contributed by atoms with van der Waals surface area (Å²) in [6.07, 6.45) is 0.342. The highest BCUT2D eigenvalue weighted by molar-refractivity contribution is 6.31. The molecule has 2 bridgehead atoms.